The largest absolute Gasteiger partial charge is 2.00 e. The molecule has 0 atom stereocenters. The number of furan rings is 2. The second-order valence-corrected chi connectivity index (χ2v) is 10.4. The van der Waals surface area contributed by atoms with Crippen LogP contribution in [0.5, 0.6) is 0 Å². The Balaban J connectivity index is 0.000000146. The molecule has 246 valence electrons. The van der Waals surface area contributed by atoms with Crippen LogP contribution in [0.15, 0.2) is 167 Å². The van der Waals surface area contributed by atoms with Gasteiger partial charge in [-0.15, -0.1) is 83.9 Å². The van der Waals surface area contributed by atoms with Crippen molar-refractivity contribution < 1.29 is 51.0 Å². The molecule has 0 aliphatic rings. The van der Waals surface area contributed by atoms with Crippen molar-refractivity contribution in [3.05, 3.63) is 183 Å². The van der Waals surface area contributed by atoms with E-state index in [1.807, 2.05) is 133 Å². The molecule has 50 heavy (non-hydrogen) atoms. The normalized spacial score (nSPS) is 10.1. The standard InChI is InChI=1S/2C16H11N2.C10H4O2.2Pt/c2*1-2-7-13(8-3-1)14-10-6-11-16(18-14)15-9-4-5-12-17-15;1-3-11-9-6-10-8(2-4-12-10)5-7(1)9;;/h2*1-7,9-12H;3-6H;;/q2*-1;-2;2*+2. The molecule has 3 aromatic carbocycles. The monoisotopic (exact) mass is 1010 g/mol. The number of rotatable bonds is 4. The van der Waals surface area contributed by atoms with Crippen LogP contribution in [0, 0.1) is 24.3 Å². The van der Waals surface area contributed by atoms with E-state index in [0.717, 1.165) is 67.2 Å². The van der Waals surface area contributed by atoms with Gasteiger partial charge in [-0.3, -0.25) is 19.9 Å². The topological polar surface area (TPSA) is 77.8 Å². The molecule has 0 aliphatic heterocycles. The van der Waals surface area contributed by atoms with E-state index in [4.69, 9.17) is 8.83 Å². The molecule has 0 aliphatic carbocycles. The Bertz CT molecular complexity index is 2030. The zero-order valence-electron chi connectivity index (χ0n) is 26.2. The molecule has 0 saturated carbocycles. The van der Waals surface area contributed by atoms with Crippen molar-refractivity contribution in [3.8, 4) is 45.3 Å². The predicted octanol–water partition coefficient (Wildman–Crippen LogP) is 10.00. The van der Waals surface area contributed by atoms with Crippen LogP contribution in [0.3, 0.4) is 0 Å². The third-order valence-corrected chi connectivity index (χ3v) is 7.21. The number of nitrogens with zero attached hydrogens (tertiary/aromatic N) is 4. The zero-order chi connectivity index (χ0) is 32.4. The van der Waals surface area contributed by atoms with Crippen LogP contribution in [0.4, 0.5) is 0 Å². The number of pyridine rings is 4. The van der Waals surface area contributed by atoms with Crippen LogP contribution in [0.25, 0.3) is 67.2 Å². The molecular formula is C42H26N4O2Pt2. The van der Waals surface area contributed by atoms with Crippen molar-refractivity contribution in [2.24, 2.45) is 0 Å². The maximum Gasteiger partial charge on any atom is 2.00 e. The molecule has 9 rings (SSSR count). The first kappa shape index (κ1) is 36.0. The van der Waals surface area contributed by atoms with Crippen LogP contribution < -0.4 is 0 Å². The first-order valence-corrected chi connectivity index (χ1v) is 15.2. The SMILES string of the molecule is [Pt+2].[Pt+2].[c-]1ccccc1-c1cccc(-c2ccccn2)n1.[c-]1ccccc1-c1cccc(-c2ccccn2)n1.[c-]1coc2cc3oc[c-]c3cc12. The Morgan fingerprint density at radius 2 is 0.840 bits per heavy atom. The predicted molar refractivity (Wildman–Crippen MR) is 187 cm³/mol. The fraction of sp³-hybridized carbons (Fsp3) is 0. The second-order valence-electron chi connectivity index (χ2n) is 10.4. The summed E-state index contributed by atoms with van der Waals surface area (Å²) in [5.74, 6) is 0. The molecule has 0 bridgehead atoms. The minimum atomic E-state index is 0. The van der Waals surface area contributed by atoms with Crippen molar-refractivity contribution in [1.82, 2.24) is 19.9 Å². The Morgan fingerprint density at radius 3 is 1.26 bits per heavy atom. The summed E-state index contributed by atoms with van der Waals surface area (Å²) in [7, 11) is 0. The molecule has 0 N–H and O–H groups in total. The average molecular weight is 1010 g/mol. The smallest absolute Gasteiger partial charge is 0.536 e. The molecule has 0 unspecified atom stereocenters. The van der Waals surface area contributed by atoms with Crippen molar-refractivity contribution in [2.75, 3.05) is 0 Å². The Morgan fingerprint density at radius 1 is 0.400 bits per heavy atom. The number of benzene rings is 3. The molecular weight excluding hydrogens is 983 g/mol. The van der Waals surface area contributed by atoms with E-state index in [0.29, 0.717) is 0 Å². The Hall–Kier alpha value is -5.28. The summed E-state index contributed by atoms with van der Waals surface area (Å²) in [6.45, 7) is 0. The van der Waals surface area contributed by atoms with E-state index in [9.17, 15) is 0 Å². The van der Waals surface area contributed by atoms with Crippen molar-refractivity contribution in [1.29, 1.82) is 0 Å². The summed E-state index contributed by atoms with van der Waals surface area (Å²) >= 11 is 0. The summed E-state index contributed by atoms with van der Waals surface area (Å²) in [5.41, 5.74) is 8.95. The molecule has 6 nitrogen and oxygen atoms in total. The quantitative estimate of drug-likeness (QED) is 0.164. The first-order chi connectivity index (χ1) is 23.8. The van der Waals surface area contributed by atoms with Gasteiger partial charge in [-0.2, -0.15) is 16.8 Å². The van der Waals surface area contributed by atoms with Crippen LogP contribution in [0.2, 0.25) is 0 Å². The number of fused-ring (bicyclic) bond motifs is 2. The van der Waals surface area contributed by atoms with Crippen LogP contribution in [-0.4, -0.2) is 19.9 Å². The van der Waals surface area contributed by atoms with Crippen LogP contribution in [-0.2, 0) is 42.1 Å². The van der Waals surface area contributed by atoms with Gasteiger partial charge in [0.2, 0.25) is 0 Å². The van der Waals surface area contributed by atoms with Crippen LogP contribution >= 0.6 is 0 Å². The van der Waals surface area contributed by atoms with Gasteiger partial charge >= 0.3 is 42.1 Å². The minimum absolute atomic E-state index is 0. The van der Waals surface area contributed by atoms with Gasteiger partial charge < -0.3 is 8.83 Å². The molecule has 0 radical (unpaired) electrons. The maximum absolute atomic E-state index is 5.17. The van der Waals surface area contributed by atoms with E-state index in [2.05, 4.69) is 44.2 Å². The van der Waals surface area contributed by atoms with Gasteiger partial charge in [0.1, 0.15) is 0 Å². The molecule has 6 aromatic heterocycles. The van der Waals surface area contributed by atoms with E-state index < -0.39 is 0 Å². The summed E-state index contributed by atoms with van der Waals surface area (Å²) in [4.78, 5) is 17.9. The zero-order valence-corrected chi connectivity index (χ0v) is 30.8. The van der Waals surface area contributed by atoms with Crippen LogP contribution in [0.1, 0.15) is 0 Å². The third kappa shape index (κ3) is 9.03. The molecule has 0 spiro atoms. The Labute approximate surface area is 318 Å². The van der Waals surface area contributed by atoms with Gasteiger partial charge in [0, 0.05) is 36.1 Å². The maximum atomic E-state index is 5.17. The van der Waals surface area contributed by atoms with Crippen molar-refractivity contribution in [2.45, 2.75) is 0 Å². The summed E-state index contributed by atoms with van der Waals surface area (Å²) in [6.07, 6.45) is 6.64. The first-order valence-electron chi connectivity index (χ1n) is 15.2. The fourth-order valence-corrected chi connectivity index (χ4v) is 4.88. The summed E-state index contributed by atoms with van der Waals surface area (Å²) in [5, 5.41) is 1.92. The molecule has 0 saturated heterocycles. The second kappa shape index (κ2) is 17.9. The van der Waals surface area contributed by atoms with Crippen molar-refractivity contribution in [3.63, 3.8) is 0 Å². The van der Waals surface area contributed by atoms with Gasteiger partial charge in [-0.25, -0.2) is 0 Å². The van der Waals surface area contributed by atoms with E-state index in [1.165, 1.54) is 0 Å². The minimum Gasteiger partial charge on any atom is -0.536 e. The average Bonchev–Trinajstić information content (AvgIpc) is 3.85. The number of hydrogen-bond donors (Lipinski definition) is 0. The fourth-order valence-electron chi connectivity index (χ4n) is 4.88. The molecule has 9 aromatic rings. The van der Waals surface area contributed by atoms with Gasteiger partial charge in [-0.05, 0) is 47.8 Å². The van der Waals surface area contributed by atoms with E-state index in [1.54, 1.807) is 24.9 Å². The molecule has 6 heterocycles. The van der Waals surface area contributed by atoms with E-state index >= 15 is 0 Å². The molecule has 0 fully saturated rings. The Kier molecular flexibility index (Phi) is 12.9. The molecule has 8 heteroatoms. The summed E-state index contributed by atoms with van der Waals surface area (Å²) < 4.78 is 10.3. The third-order valence-electron chi connectivity index (χ3n) is 7.21. The number of aromatic nitrogens is 4. The van der Waals surface area contributed by atoms with Gasteiger partial charge in [0.05, 0.1) is 22.8 Å². The van der Waals surface area contributed by atoms with Gasteiger partial charge in [-0.1, -0.05) is 42.5 Å². The van der Waals surface area contributed by atoms with Crippen molar-refractivity contribution >= 4 is 21.9 Å². The summed E-state index contributed by atoms with van der Waals surface area (Å²) in [6, 6.07) is 55.3. The van der Waals surface area contributed by atoms with E-state index in [-0.39, 0.29) is 42.1 Å². The number of hydrogen-bond acceptors (Lipinski definition) is 6. The molecule has 0 amide bonds. The van der Waals surface area contributed by atoms with Gasteiger partial charge in [0.25, 0.3) is 0 Å². The van der Waals surface area contributed by atoms with Gasteiger partial charge in [0.15, 0.2) is 0 Å².